The van der Waals surface area contributed by atoms with E-state index in [-0.39, 0.29) is 11.3 Å². The molecule has 0 atom stereocenters. The lowest BCUT2D eigenvalue weighted by Crippen LogP contribution is -2.41. The Kier molecular flexibility index (Phi) is 4.76. The maximum atomic E-state index is 12.7. The molecule has 0 saturated heterocycles. The second kappa shape index (κ2) is 6.44. The van der Waals surface area contributed by atoms with Crippen LogP contribution in [0.2, 0.25) is 5.02 Å². The average molecular weight is 427 g/mol. The third kappa shape index (κ3) is 3.37. The van der Waals surface area contributed by atoms with Crippen LogP contribution in [0.15, 0.2) is 10.7 Å². The van der Waals surface area contributed by atoms with Crippen LogP contribution in [0.3, 0.4) is 0 Å². The number of ether oxygens (including phenoxy) is 1. The van der Waals surface area contributed by atoms with Crippen molar-refractivity contribution >= 4 is 39.4 Å². The van der Waals surface area contributed by atoms with Crippen LogP contribution in [0, 0.1) is 17.2 Å². The molecular formula is C18H21BrClN3O2. The van der Waals surface area contributed by atoms with Crippen molar-refractivity contribution in [2.45, 2.75) is 57.5 Å². The largest absolute Gasteiger partial charge is 0.443 e. The van der Waals surface area contributed by atoms with Crippen LogP contribution in [0.25, 0.3) is 0 Å². The molecule has 5 nitrogen and oxygen atoms in total. The lowest BCUT2D eigenvalue weighted by Gasteiger charge is -2.36. The normalized spacial score (nSPS) is 25.6. The minimum absolute atomic E-state index is 0.0727. The summed E-state index contributed by atoms with van der Waals surface area (Å²) < 4.78 is 6.29. The Hall–Kier alpha value is -1.32. The number of anilines is 1. The fraction of sp³-hybridized carbons (Fsp3) is 0.611. The van der Waals surface area contributed by atoms with Gasteiger partial charge in [-0.1, -0.05) is 11.6 Å². The fourth-order valence-electron chi connectivity index (χ4n) is 3.76. The summed E-state index contributed by atoms with van der Waals surface area (Å²) in [6.07, 6.45) is 4.46. The summed E-state index contributed by atoms with van der Waals surface area (Å²) in [6, 6.07) is 2.36. The van der Waals surface area contributed by atoms with Crippen LogP contribution in [0.1, 0.15) is 52.0 Å². The summed E-state index contributed by atoms with van der Waals surface area (Å²) in [5.74, 6) is 0.654. The van der Waals surface area contributed by atoms with Gasteiger partial charge >= 0.3 is 6.09 Å². The number of pyridine rings is 1. The molecule has 1 aliphatic heterocycles. The van der Waals surface area contributed by atoms with E-state index < -0.39 is 11.7 Å². The second-order valence-corrected chi connectivity index (χ2v) is 9.10. The summed E-state index contributed by atoms with van der Waals surface area (Å²) in [6.45, 7) is 6.03. The molecular weight excluding hydrogens is 406 g/mol. The van der Waals surface area contributed by atoms with Crippen molar-refractivity contribution in [2.24, 2.45) is 5.92 Å². The standard InChI is InChI=1S/C18H21BrClN3O2/c1-17(2,3)25-16(24)23-10-18(6-4-11(8-21)5-7-18)13-14(20)12(19)9-22-15(13)23/h9,11H,4-7,10H2,1-3H3. The van der Waals surface area contributed by atoms with E-state index in [1.54, 1.807) is 11.1 Å². The molecule has 134 valence electrons. The summed E-state index contributed by atoms with van der Waals surface area (Å²) >= 11 is 10.1. The summed E-state index contributed by atoms with van der Waals surface area (Å²) in [5, 5.41) is 9.81. The van der Waals surface area contributed by atoms with E-state index >= 15 is 0 Å². The highest BCUT2D eigenvalue weighted by Crippen LogP contribution is 2.53. The molecule has 1 aromatic rings. The monoisotopic (exact) mass is 425 g/mol. The number of halogens is 2. The molecule has 0 bridgehead atoms. The number of nitriles is 1. The zero-order valence-electron chi connectivity index (χ0n) is 14.6. The molecule has 1 amide bonds. The molecule has 0 N–H and O–H groups in total. The lowest BCUT2D eigenvalue weighted by atomic mass is 9.68. The first-order valence-corrected chi connectivity index (χ1v) is 9.58. The van der Waals surface area contributed by atoms with Crippen molar-refractivity contribution in [3.63, 3.8) is 0 Å². The van der Waals surface area contributed by atoms with Crippen molar-refractivity contribution in [1.29, 1.82) is 5.26 Å². The molecule has 2 heterocycles. The molecule has 25 heavy (non-hydrogen) atoms. The average Bonchev–Trinajstić information content (AvgIpc) is 2.85. The number of hydrogen-bond acceptors (Lipinski definition) is 4. The van der Waals surface area contributed by atoms with Crippen LogP contribution in [-0.4, -0.2) is 23.2 Å². The highest BCUT2D eigenvalue weighted by Gasteiger charge is 2.50. The van der Waals surface area contributed by atoms with Crippen molar-refractivity contribution in [3.05, 3.63) is 21.3 Å². The van der Waals surface area contributed by atoms with E-state index in [4.69, 9.17) is 16.3 Å². The second-order valence-electron chi connectivity index (χ2n) is 7.87. The van der Waals surface area contributed by atoms with Gasteiger partial charge in [0.05, 0.1) is 15.6 Å². The Morgan fingerprint density at radius 2 is 2.12 bits per heavy atom. The quantitative estimate of drug-likeness (QED) is 0.571. The summed E-state index contributed by atoms with van der Waals surface area (Å²) in [4.78, 5) is 18.8. The van der Waals surface area contributed by atoms with Crippen LogP contribution in [-0.2, 0) is 10.2 Å². The molecule has 0 aromatic carbocycles. The zero-order valence-corrected chi connectivity index (χ0v) is 16.9. The third-order valence-corrected chi connectivity index (χ3v) is 6.16. The van der Waals surface area contributed by atoms with Crippen LogP contribution in [0.4, 0.5) is 10.6 Å². The van der Waals surface area contributed by atoms with Gasteiger partial charge in [-0.15, -0.1) is 0 Å². The summed E-state index contributed by atoms with van der Waals surface area (Å²) in [7, 11) is 0. The molecule has 3 rings (SSSR count). The highest BCUT2D eigenvalue weighted by atomic mass is 79.9. The molecule has 1 fully saturated rings. The molecule has 2 aliphatic rings. The Bertz CT molecular complexity index is 746. The lowest BCUT2D eigenvalue weighted by molar-refractivity contribution is 0.0573. The predicted molar refractivity (Wildman–Crippen MR) is 99.8 cm³/mol. The van der Waals surface area contributed by atoms with Gasteiger partial charge in [-0.25, -0.2) is 9.78 Å². The Morgan fingerprint density at radius 1 is 1.48 bits per heavy atom. The maximum absolute atomic E-state index is 12.7. The molecule has 1 saturated carbocycles. The van der Waals surface area contributed by atoms with Crippen molar-refractivity contribution in [2.75, 3.05) is 11.4 Å². The van der Waals surface area contributed by atoms with Crippen LogP contribution < -0.4 is 4.90 Å². The number of fused-ring (bicyclic) bond motifs is 2. The number of carbonyl (C=O) groups is 1. The SMILES string of the molecule is CC(C)(C)OC(=O)N1CC2(CCC(C#N)CC2)c2c1ncc(Br)c2Cl. The molecule has 0 radical (unpaired) electrons. The van der Waals surface area contributed by atoms with Crippen LogP contribution in [0.5, 0.6) is 0 Å². The highest BCUT2D eigenvalue weighted by molar-refractivity contribution is 9.10. The molecule has 1 aliphatic carbocycles. The van der Waals surface area contributed by atoms with Gasteiger partial charge in [-0.05, 0) is 62.4 Å². The van der Waals surface area contributed by atoms with E-state index in [1.165, 1.54) is 0 Å². The number of aromatic nitrogens is 1. The molecule has 7 heteroatoms. The third-order valence-electron chi connectivity index (χ3n) is 4.94. The minimum Gasteiger partial charge on any atom is -0.443 e. The minimum atomic E-state index is -0.579. The van der Waals surface area contributed by atoms with E-state index in [0.717, 1.165) is 35.7 Å². The van der Waals surface area contributed by atoms with Gasteiger partial charge in [-0.2, -0.15) is 5.26 Å². The van der Waals surface area contributed by atoms with Crippen molar-refractivity contribution in [1.82, 2.24) is 4.98 Å². The van der Waals surface area contributed by atoms with Crippen molar-refractivity contribution < 1.29 is 9.53 Å². The van der Waals surface area contributed by atoms with Gasteiger partial charge in [0, 0.05) is 29.6 Å². The van der Waals surface area contributed by atoms with E-state index in [0.29, 0.717) is 17.4 Å². The first-order chi connectivity index (χ1) is 11.7. The van der Waals surface area contributed by atoms with E-state index in [1.807, 2.05) is 20.8 Å². The number of nitrogens with zero attached hydrogens (tertiary/aromatic N) is 3. The van der Waals surface area contributed by atoms with Gasteiger partial charge in [-0.3, -0.25) is 4.90 Å². The predicted octanol–water partition coefficient (Wildman–Crippen LogP) is 5.20. The number of carbonyl (C=O) groups excluding carboxylic acids is 1. The smallest absolute Gasteiger partial charge is 0.416 e. The first kappa shape index (κ1) is 18.5. The molecule has 1 spiro atoms. The van der Waals surface area contributed by atoms with Gasteiger partial charge in [0.15, 0.2) is 0 Å². The topological polar surface area (TPSA) is 66.2 Å². The fourth-order valence-corrected chi connectivity index (χ4v) is 4.40. The Balaban J connectivity index is 2.01. The van der Waals surface area contributed by atoms with E-state index in [9.17, 15) is 10.1 Å². The number of rotatable bonds is 0. The Morgan fingerprint density at radius 3 is 2.68 bits per heavy atom. The zero-order chi connectivity index (χ0) is 18.4. The van der Waals surface area contributed by atoms with Gasteiger partial charge in [0.2, 0.25) is 0 Å². The summed E-state index contributed by atoms with van der Waals surface area (Å²) in [5.41, 5.74) is 0.0729. The van der Waals surface area contributed by atoms with Gasteiger partial charge in [0.1, 0.15) is 11.4 Å². The van der Waals surface area contributed by atoms with E-state index in [2.05, 4.69) is 27.0 Å². The molecule has 0 unspecified atom stereocenters. The number of hydrogen-bond donors (Lipinski definition) is 0. The number of amides is 1. The Labute approximate surface area is 161 Å². The van der Waals surface area contributed by atoms with Gasteiger partial charge in [0.25, 0.3) is 0 Å². The maximum Gasteiger partial charge on any atom is 0.416 e. The molecule has 1 aromatic heterocycles. The van der Waals surface area contributed by atoms with Crippen LogP contribution >= 0.6 is 27.5 Å². The first-order valence-electron chi connectivity index (χ1n) is 8.41. The van der Waals surface area contributed by atoms with Gasteiger partial charge < -0.3 is 4.74 Å². The van der Waals surface area contributed by atoms with Crippen molar-refractivity contribution in [3.8, 4) is 6.07 Å².